The summed E-state index contributed by atoms with van der Waals surface area (Å²) in [5.74, 6) is -0.336. The zero-order chi connectivity index (χ0) is 4.99. The highest BCUT2D eigenvalue weighted by Gasteiger charge is 1.73. The van der Waals surface area contributed by atoms with E-state index in [9.17, 15) is 4.39 Å². The van der Waals surface area contributed by atoms with Crippen molar-refractivity contribution in [2.45, 2.75) is 6.92 Å². The van der Waals surface area contributed by atoms with Gasteiger partial charge in [-0.3, -0.25) is 0 Å². The van der Waals surface area contributed by atoms with E-state index in [0.29, 0.717) is 0 Å². The molecule has 36 valence electrons. The van der Waals surface area contributed by atoms with Crippen LogP contribution in [0.1, 0.15) is 6.92 Å². The molecule has 0 bridgehead atoms. The molecule has 0 saturated carbocycles. The predicted molar refractivity (Wildman–Crippen MR) is 22.0 cm³/mol. The molecule has 2 heteroatoms. The molecule has 0 spiro atoms. The van der Waals surface area contributed by atoms with Gasteiger partial charge in [0.2, 0.25) is 0 Å². The third kappa shape index (κ3) is 3.63. The molecule has 0 aromatic heterocycles. The molecule has 0 aliphatic carbocycles. The first-order chi connectivity index (χ1) is 2.77. The van der Waals surface area contributed by atoms with Crippen molar-refractivity contribution in [2.75, 3.05) is 6.61 Å². The maximum atomic E-state index is 11.4. The van der Waals surface area contributed by atoms with E-state index >= 15 is 0 Å². The van der Waals surface area contributed by atoms with E-state index in [2.05, 4.69) is 0 Å². The summed E-state index contributed by atoms with van der Waals surface area (Å²) in [5.41, 5.74) is 0. The largest absolute Gasteiger partial charge is 0.392 e. The maximum Gasteiger partial charge on any atom is 0.0951 e. The molecule has 0 amide bonds. The molecule has 1 N–H and O–H groups in total. The van der Waals surface area contributed by atoms with E-state index < -0.39 is 0 Å². The lowest BCUT2D eigenvalue weighted by Crippen LogP contribution is -1.70. The van der Waals surface area contributed by atoms with Crippen LogP contribution in [-0.2, 0) is 0 Å². The number of allylic oxidation sites excluding steroid dienone is 1. The first-order valence-electron chi connectivity index (χ1n) is 1.70. The zero-order valence-corrected chi connectivity index (χ0v) is 3.61. The molecule has 0 rings (SSSR count). The molecule has 0 heterocycles. The van der Waals surface area contributed by atoms with Gasteiger partial charge in [-0.15, -0.1) is 0 Å². The van der Waals surface area contributed by atoms with Crippen LogP contribution >= 0.6 is 0 Å². The first-order valence-corrected chi connectivity index (χ1v) is 1.70. The Morgan fingerprint density at radius 3 is 2.50 bits per heavy atom. The smallest absolute Gasteiger partial charge is 0.0951 e. The van der Waals surface area contributed by atoms with Gasteiger partial charge in [-0.05, 0) is 13.0 Å². The van der Waals surface area contributed by atoms with E-state index in [1.165, 1.54) is 6.92 Å². The second-order valence-electron chi connectivity index (χ2n) is 0.973. The van der Waals surface area contributed by atoms with E-state index in [1.54, 1.807) is 0 Å². The second kappa shape index (κ2) is 2.85. The van der Waals surface area contributed by atoms with Crippen LogP contribution < -0.4 is 0 Å². The van der Waals surface area contributed by atoms with E-state index in [4.69, 9.17) is 5.11 Å². The highest BCUT2D eigenvalue weighted by atomic mass is 19.1. The average molecular weight is 90.1 g/mol. The third-order valence-corrected chi connectivity index (χ3v) is 0.373. The average Bonchev–Trinajstić information content (AvgIpc) is 1.35. The molecule has 0 radical (unpaired) electrons. The summed E-state index contributed by atoms with van der Waals surface area (Å²) in [5, 5.41) is 7.92. The number of hydrogen-bond donors (Lipinski definition) is 1. The van der Waals surface area contributed by atoms with Crippen molar-refractivity contribution in [3.63, 3.8) is 0 Å². The van der Waals surface area contributed by atoms with Crippen molar-refractivity contribution in [1.82, 2.24) is 0 Å². The maximum absolute atomic E-state index is 11.4. The minimum Gasteiger partial charge on any atom is -0.392 e. The van der Waals surface area contributed by atoms with Gasteiger partial charge in [0.25, 0.3) is 0 Å². The lowest BCUT2D eigenvalue weighted by molar-refractivity contribution is 0.339. The van der Waals surface area contributed by atoms with Crippen molar-refractivity contribution >= 4 is 0 Å². The van der Waals surface area contributed by atoms with Gasteiger partial charge in [-0.1, -0.05) is 0 Å². The zero-order valence-electron chi connectivity index (χ0n) is 3.61. The quantitative estimate of drug-likeness (QED) is 0.506. The monoisotopic (exact) mass is 90.0 g/mol. The lowest BCUT2D eigenvalue weighted by Gasteiger charge is -1.75. The summed E-state index contributed by atoms with van der Waals surface area (Å²) >= 11 is 0. The standard InChI is InChI=1S/C4H7FO/c1-4(5)2-3-6/h2,6H,3H2,1H3/b4-2+. The number of hydrogen-bond acceptors (Lipinski definition) is 1. The van der Waals surface area contributed by atoms with Crippen molar-refractivity contribution in [1.29, 1.82) is 0 Å². The van der Waals surface area contributed by atoms with Crippen LogP contribution in [0, 0.1) is 0 Å². The van der Waals surface area contributed by atoms with Crippen molar-refractivity contribution in [2.24, 2.45) is 0 Å². The minimum atomic E-state index is -0.336. The summed E-state index contributed by atoms with van der Waals surface area (Å²) in [6.45, 7) is 1.08. The Kier molecular flexibility index (Phi) is 2.67. The normalized spacial score (nSPS) is 12.2. The fourth-order valence-electron chi connectivity index (χ4n) is 0.126. The molecule has 0 fully saturated rings. The Morgan fingerprint density at radius 1 is 2.00 bits per heavy atom. The van der Waals surface area contributed by atoms with Gasteiger partial charge in [-0.25, -0.2) is 4.39 Å². The van der Waals surface area contributed by atoms with Gasteiger partial charge in [0, 0.05) is 0 Å². The summed E-state index contributed by atoms with van der Waals surface area (Å²) in [4.78, 5) is 0. The Bertz CT molecular complexity index is 54.6. The molecule has 0 aromatic rings. The first kappa shape index (κ1) is 5.63. The van der Waals surface area contributed by atoms with Crippen LogP contribution in [0.2, 0.25) is 0 Å². The third-order valence-electron chi connectivity index (χ3n) is 0.373. The van der Waals surface area contributed by atoms with Crippen molar-refractivity contribution in [3.8, 4) is 0 Å². The van der Waals surface area contributed by atoms with Crippen LogP contribution in [0.4, 0.5) is 4.39 Å². The van der Waals surface area contributed by atoms with Gasteiger partial charge in [-0.2, -0.15) is 0 Å². The van der Waals surface area contributed by atoms with E-state index in [-0.39, 0.29) is 12.4 Å². The SMILES string of the molecule is C/C(F)=C\CO. The molecule has 0 aliphatic rings. The van der Waals surface area contributed by atoms with Crippen molar-refractivity contribution < 1.29 is 9.50 Å². The van der Waals surface area contributed by atoms with Gasteiger partial charge >= 0.3 is 0 Å². The van der Waals surface area contributed by atoms with Crippen LogP contribution in [0.5, 0.6) is 0 Å². The van der Waals surface area contributed by atoms with Crippen molar-refractivity contribution in [3.05, 3.63) is 11.9 Å². The summed E-state index contributed by atoms with van der Waals surface area (Å²) < 4.78 is 11.4. The number of aliphatic hydroxyl groups excluding tert-OH is 1. The summed E-state index contributed by atoms with van der Waals surface area (Å²) in [6.07, 6.45) is 1.10. The number of rotatable bonds is 1. The summed E-state index contributed by atoms with van der Waals surface area (Å²) in [7, 11) is 0. The van der Waals surface area contributed by atoms with Gasteiger partial charge < -0.3 is 5.11 Å². The van der Waals surface area contributed by atoms with E-state index in [1.807, 2.05) is 0 Å². The van der Waals surface area contributed by atoms with Crippen LogP contribution in [-0.4, -0.2) is 11.7 Å². The Labute approximate surface area is 36.1 Å². The van der Waals surface area contributed by atoms with Gasteiger partial charge in [0.05, 0.1) is 12.4 Å². The molecule has 0 atom stereocenters. The Hall–Kier alpha value is -0.370. The molecule has 0 aliphatic heterocycles. The molecule has 0 unspecified atom stereocenters. The Morgan fingerprint density at radius 2 is 2.50 bits per heavy atom. The Balaban J connectivity index is 3.14. The molecule has 6 heavy (non-hydrogen) atoms. The highest BCUT2D eigenvalue weighted by Crippen LogP contribution is 1.88. The van der Waals surface area contributed by atoms with Crippen LogP contribution in [0.15, 0.2) is 11.9 Å². The molecule has 1 nitrogen and oxygen atoms in total. The topological polar surface area (TPSA) is 20.2 Å². The van der Waals surface area contributed by atoms with Crippen LogP contribution in [0.3, 0.4) is 0 Å². The number of aliphatic hydroxyl groups is 1. The summed E-state index contributed by atoms with van der Waals surface area (Å²) in [6, 6.07) is 0. The van der Waals surface area contributed by atoms with Gasteiger partial charge in [0.1, 0.15) is 0 Å². The molecular weight excluding hydrogens is 83.0 g/mol. The fourth-order valence-corrected chi connectivity index (χ4v) is 0.126. The molecule has 0 saturated heterocycles. The molecule has 0 aromatic carbocycles. The molecular formula is C4H7FO. The van der Waals surface area contributed by atoms with E-state index in [0.717, 1.165) is 6.08 Å². The lowest BCUT2D eigenvalue weighted by atomic mass is 10.5. The highest BCUT2D eigenvalue weighted by molar-refractivity contribution is 4.84. The fraction of sp³-hybridized carbons (Fsp3) is 0.500. The number of halogens is 1. The second-order valence-corrected chi connectivity index (χ2v) is 0.973. The van der Waals surface area contributed by atoms with Crippen LogP contribution in [0.25, 0.3) is 0 Å². The van der Waals surface area contributed by atoms with Gasteiger partial charge in [0.15, 0.2) is 0 Å². The minimum absolute atomic E-state index is 0.206. The predicted octanol–water partition coefficient (Wildman–Crippen LogP) is 0.852.